The Morgan fingerprint density at radius 1 is 1.23 bits per heavy atom. The van der Waals surface area contributed by atoms with E-state index in [1.165, 1.54) is 0 Å². The number of nitrogens with zero attached hydrogens (tertiary/aromatic N) is 2. The van der Waals surface area contributed by atoms with Crippen molar-refractivity contribution < 1.29 is 13.2 Å². The smallest absolute Gasteiger partial charge is 0.263 e. The van der Waals surface area contributed by atoms with Crippen LogP contribution in [0.2, 0.25) is 0 Å². The Hall–Kier alpha value is -0.960. The van der Waals surface area contributed by atoms with Crippen LogP contribution in [0.25, 0.3) is 0 Å². The number of hydrogen-bond acceptors (Lipinski definition) is 5. The summed E-state index contributed by atoms with van der Waals surface area (Å²) in [4.78, 5) is 15.1. The summed E-state index contributed by atoms with van der Waals surface area (Å²) in [5.74, 6) is 0.805. The zero-order chi connectivity index (χ0) is 18.9. The number of sulfonamides is 1. The molecule has 26 heavy (non-hydrogen) atoms. The lowest BCUT2D eigenvalue weighted by Gasteiger charge is -2.34. The van der Waals surface area contributed by atoms with Crippen molar-refractivity contribution in [3.63, 3.8) is 0 Å². The van der Waals surface area contributed by atoms with E-state index in [1.807, 2.05) is 11.8 Å². The van der Waals surface area contributed by atoms with E-state index < -0.39 is 10.0 Å². The van der Waals surface area contributed by atoms with Crippen LogP contribution in [0.1, 0.15) is 49.2 Å². The van der Waals surface area contributed by atoms with Crippen LogP contribution in [0.3, 0.4) is 0 Å². The van der Waals surface area contributed by atoms with Gasteiger partial charge in [-0.05, 0) is 56.6 Å². The van der Waals surface area contributed by atoms with Crippen molar-refractivity contribution in [3.8, 4) is 0 Å². The molecule has 0 bridgehead atoms. The van der Waals surface area contributed by atoms with Crippen LogP contribution < -0.4 is 5.73 Å². The van der Waals surface area contributed by atoms with Gasteiger partial charge in [-0.3, -0.25) is 4.79 Å². The lowest BCUT2D eigenvalue weighted by molar-refractivity contribution is 0.0666. The minimum Gasteiger partial charge on any atom is -0.338 e. The van der Waals surface area contributed by atoms with Crippen molar-refractivity contribution in [2.45, 2.75) is 49.8 Å². The van der Waals surface area contributed by atoms with Crippen LogP contribution in [-0.2, 0) is 10.0 Å². The van der Waals surface area contributed by atoms with E-state index in [9.17, 15) is 13.2 Å². The largest absolute Gasteiger partial charge is 0.338 e. The van der Waals surface area contributed by atoms with Gasteiger partial charge in [-0.15, -0.1) is 11.3 Å². The molecule has 2 saturated heterocycles. The van der Waals surface area contributed by atoms with E-state index in [0.29, 0.717) is 42.9 Å². The maximum absolute atomic E-state index is 12.8. The third-order valence-corrected chi connectivity index (χ3v) is 9.06. The van der Waals surface area contributed by atoms with Crippen LogP contribution in [0, 0.1) is 11.8 Å². The van der Waals surface area contributed by atoms with Gasteiger partial charge >= 0.3 is 0 Å². The number of carbonyl (C=O) groups is 1. The van der Waals surface area contributed by atoms with Gasteiger partial charge in [0.05, 0.1) is 4.88 Å². The maximum atomic E-state index is 12.8. The molecule has 1 aromatic heterocycles. The molecule has 1 aromatic rings. The molecule has 2 N–H and O–H groups in total. The van der Waals surface area contributed by atoms with Crippen LogP contribution in [0.5, 0.6) is 0 Å². The number of amides is 1. The normalized spacial score (nSPS) is 24.6. The van der Waals surface area contributed by atoms with Crippen molar-refractivity contribution in [1.29, 1.82) is 0 Å². The molecule has 3 heterocycles. The second-order valence-corrected chi connectivity index (χ2v) is 11.0. The fourth-order valence-electron chi connectivity index (χ4n) is 3.71. The Labute approximate surface area is 160 Å². The fraction of sp³-hybridized carbons (Fsp3) is 0.722. The van der Waals surface area contributed by atoms with Crippen LogP contribution in [0.15, 0.2) is 16.3 Å². The molecule has 0 aliphatic carbocycles. The Balaban J connectivity index is 1.72. The monoisotopic (exact) mass is 399 g/mol. The highest BCUT2D eigenvalue weighted by molar-refractivity contribution is 7.91. The van der Waals surface area contributed by atoms with Gasteiger partial charge in [0, 0.05) is 32.2 Å². The second-order valence-electron chi connectivity index (χ2n) is 7.72. The second kappa shape index (κ2) is 7.96. The number of thiophene rings is 1. The molecule has 6 nitrogen and oxygen atoms in total. The molecule has 0 saturated carbocycles. The van der Waals surface area contributed by atoms with E-state index in [-0.39, 0.29) is 16.2 Å². The average molecular weight is 400 g/mol. The highest BCUT2D eigenvalue weighted by Crippen LogP contribution is 2.30. The number of rotatable bonds is 4. The summed E-state index contributed by atoms with van der Waals surface area (Å²) in [6, 6.07) is 3.30. The zero-order valence-corrected chi connectivity index (χ0v) is 17.2. The van der Waals surface area contributed by atoms with Crippen molar-refractivity contribution in [3.05, 3.63) is 17.0 Å². The number of nitrogens with two attached hydrogens (primary N) is 1. The van der Waals surface area contributed by atoms with E-state index in [2.05, 4.69) is 6.92 Å². The van der Waals surface area contributed by atoms with Gasteiger partial charge in [0.15, 0.2) is 0 Å². The number of carbonyl (C=O) groups excluding carboxylic acids is 1. The first-order chi connectivity index (χ1) is 12.3. The van der Waals surface area contributed by atoms with Gasteiger partial charge < -0.3 is 10.6 Å². The third kappa shape index (κ3) is 4.13. The number of hydrogen-bond donors (Lipinski definition) is 1. The molecule has 2 aliphatic heterocycles. The molecule has 2 fully saturated rings. The predicted octanol–water partition coefficient (Wildman–Crippen LogP) is 2.37. The molecule has 1 amide bonds. The minimum atomic E-state index is -3.49. The lowest BCUT2D eigenvalue weighted by Crippen LogP contribution is -2.44. The molecule has 2 aliphatic rings. The molecule has 0 radical (unpaired) electrons. The van der Waals surface area contributed by atoms with E-state index in [4.69, 9.17) is 5.73 Å². The fourth-order valence-corrected chi connectivity index (χ4v) is 6.60. The van der Waals surface area contributed by atoms with Crippen molar-refractivity contribution in [2.75, 3.05) is 26.2 Å². The highest BCUT2D eigenvalue weighted by Gasteiger charge is 2.31. The minimum absolute atomic E-state index is 0.0615. The van der Waals surface area contributed by atoms with Crippen molar-refractivity contribution in [2.24, 2.45) is 17.6 Å². The Bertz CT molecular complexity index is 737. The predicted molar refractivity (Wildman–Crippen MR) is 104 cm³/mol. The molecule has 2 atom stereocenters. The SMILES string of the molecule is CC1CCN(S(=O)(=O)c2ccc(C(=O)N3CCCC(C(C)N)C3)s2)CC1. The Morgan fingerprint density at radius 3 is 2.58 bits per heavy atom. The first kappa shape index (κ1) is 19.8. The van der Waals surface area contributed by atoms with E-state index in [0.717, 1.165) is 37.0 Å². The summed E-state index contributed by atoms with van der Waals surface area (Å²) in [6.07, 6.45) is 3.77. The van der Waals surface area contributed by atoms with Gasteiger partial charge in [0.25, 0.3) is 15.9 Å². The van der Waals surface area contributed by atoms with Gasteiger partial charge in [0.1, 0.15) is 4.21 Å². The summed E-state index contributed by atoms with van der Waals surface area (Å²) >= 11 is 1.09. The van der Waals surface area contributed by atoms with Gasteiger partial charge in [0.2, 0.25) is 0 Å². The maximum Gasteiger partial charge on any atom is 0.263 e. The molecular formula is C18H29N3O3S2. The van der Waals surface area contributed by atoms with E-state index in [1.54, 1.807) is 16.4 Å². The molecule has 3 rings (SSSR count). The molecule has 146 valence electrons. The standard InChI is InChI=1S/C18H29N3O3S2/c1-13-7-10-21(11-8-13)26(23,24)17-6-5-16(25-17)18(22)20-9-3-4-15(12-20)14(2)19/h5-6,13-15H,3-4,7-12,19H2,1-2H3. The Kier molecular flexibility index (Phi) is 6.06. The van der Waals surface area contributed by atoms with Crippen molar-refractivity contribution in [1.82, 2.24) is 9.21 Å². The first-order valence-corrected chi connectivity index (χ1v) is 11.7. The van der Waals surface area contributed by atoms with Crippen LogP contribution in [0.4, 0.5) is 0 Å². The van der Waals surface area contributed by atoms with Crippen molar-refractivity contribution >= 4 is 27.3 Å². The highest BCUT2D eigenvalue weighted by atomic mass is 32.2. The third-order valence-electron chi connectivity index (χ3n) is 5.62. The first-order valence-electron chi connectivity index (χ1n) is 9.44. The molecular weight excluding hydrogens is 370 g/mol. The topological polar surface area (TPSA) is 83.7 Å². The quantitative estimate of drug-likeness (QED) is 0.842. The summed E-state index contributed by atoms with van der Waals surface area (Å²) in [7, 11) is -3.49. The summed E-state index contributed by atoms with van der Waals surface area (Å²) < 4.78 is 27.5. The lowest BCUT2D eigenvalue weighted by atomic mass is 9.92. The Morgan fingerprint density at radius 2 is 1.92 bits per heavy atom. The van der Waals surface area contributed by atoms with Gasteiger partial charge in [-0.2, -0.15) is 4.31 Å². The average Bonchev–Trinajstić information content (AvgIpc) is 3.12. The van der Waals surface area contributed by atoms with Crippen LogP contribution >= 0.6 is 11.3 Å². The zero-order valence-electron chi connectivity index (χ0n) is 15.6. The van der Waals surface area contributed by atoms with Gasteiger partial charge in [-0.25, -0.2) is 8.42 Å². The van der Waals surface area contributed by atoms with Gasteiger partial charge in [-0.1, -0.05) is 6.92 Å². The number of likely N-dealkylation sites (tertiary alicyclic amines) is 1. The summed E-state index contributed by atoms with van der Waals surface area (Å²) in [6.45, 7) is 6.63. The molecule has 0 aromatic carbocycles. The molecule has 0 spiro atoms. The summed E-state index contributed by atoms with van der Waals surface area (Å²) in [5.41, 5.74) is 6.00. The van der Waals surface area contributed by atoms with E-state index >= 15 is 0 Å². The van der Waals surface area contributed by atoms with Crippen LogP contribution in [-0.4, -0.2) is 55.8 Å². The molecule has 8 heteroatoms. The number of piperidine rings is 2. The summed E-state index contributed by atoms with van der Waals surface area (Å²) in [5, 5.41) is 0. The molecule has 2 unspecified atom stereocenters.